The lowest BCUT2D eigenvalue weighted by atomic mass is 10.0. The maximum atomic E-state index is 12.7. The zero-order valence-corrected chi connectivity index (χ0v) is 30.1. The Labute approximate surface area is 288 Å². The van der Waals surface area contributed by atoms with Crippen LogP contribution in [-0.2, 0) is 41.6 Å². The summed E-state index contributed by atoms with van der Waals surface area (Å²) in [5, 5.41) is 7.70. The van der Waals surface area contributed by atoms with Crippen molar-refractivity contribution in [2.75, 3.05) is 35.2 Å². The number of carbonyl (C=O) groups is 2. The first-order valence-corrected chi connectivity index (χ1v) is 18.9. The topological polar surface area (TPSA) is 164 Å². The number of pyridine rings is 2. The molecule has 3 heterocycles. The van der Waals surface area contributed by atoms with E-state index in [1.807, 2.05) is 13.8 Å². The summed E-state index contributed by atoms with van der Waals surface area (Å²) in [6.45, 7) is 10.3. The van der Waals surface area contributed by atoms with Crippen LogP contribution in [0.4, 0.5) is 38.0 Å². The molecule has 1 fully saturated rings. The average Bonchev–Trinajstić information content (AvgIpc) is 3.00. The Kier molecular flexibility index (Phi) is 14.0. The predicted molar refractivity (Wildman–Crippen MR) is 177 cm³/mol. The van der Waals surface area contributed by atoms with Crippen molar-refractivity contribution in [2.45, 2.75) is 82.7 Å². The van der Waals surface area contributed by atoms with Gasteiger partial charge in [-0.25, -0.2) is 26.8 Å². The van der Waals surface area contributed by atoms with Gasteiger partial charge in [-0.3, -0.25) is 9.59 Å². The van der Waals surface area contributed by atoms with E-state index >= 15 is 0 Å². The van der Waals surface area contributed by atoms with Crippen LogP contribution >= 0.6 is 0 Å². The number of carbonyl (C=O) groups excluding carboxylic acids is 2. The van der Waals surface area contributed by atoms with Crippen molar-refractivity contribution in [1.29, 1.82) is 0 Å². The van der Waals surface area contributed by atoms with Crippen molar-refractivity contribution in [1.82, 2.24) is 15.3 Å². The molecule has 0 spiro atoms. The van der Waals surface area contributed by atoms with E-state index in [1.54, 1.807) is 0 Å². The quantitative estimate of drug-likeness (QED) is 0.251. The van der Waals surface area contributed by atoms with Gasteiger partial charge in [-0.15, -0.1) is 0 Å². The number of alkyl halides is 6. The van der Waals surface area contributed by atoms with Gasteiger partial charge in [-0.05, 0) is 96.1 Å². The average molecular weight is 760 g/mol. The highest BCUT2D eigenvalue weighted by atomic mass is 32.2. The molecule has 1 aliphatic heterocycles. The second kappa shape index (κ2) is 16.4. The second-order valence-electron chi connectivity index (χ2n) is 13.3. The number of halogens is 6. The number of rotatable bonds is 11. The number of hydrogen-bond donors (Lipinski definition) is 3. The number of piperidine rings is 1. The van der Waals surface area contributed by atoms with Gasteiger partial charge in [-0.2, -0.15) is 26.3 Å². The van der Waals surface area contributed by atoms with Crippen molar-refractivity contribution in [3.8, 4) is 0 Å². The lowest BCUT2D eigenvalue weighted by Gasteiger charge is -2.28. The maximum absolute atomic E-state index is 12.7. The SMILES string of the molecule is CC(C)(C(=O)Nc1ccc(C(F)(F)F)cn1)S(=O)(=O)CC1CCNCC1.CC(C)CCS(=O)(=O)C(C)(C)C(=O)Nc1ccc(C(F)(F)F)cn1. The molecule has 0 bridgehead atoms. The molecular weight excluding hydrogens is 716 g/mol. The first-order valence-electron chi connectivity index (χ1n) is 15.6. The van der Waals surface area contributed by atoms with Crippen LogP contribution in [-0.4, -0.2) is 72.7 Å². The standard InChI is InChI=1S/C16H22F3N3O3S.C15H21F3N2O3S/c1-15(2,26(24,25)10-11-5-7-20-8-6-11)14(23)22-13-4-3-12(9-21-13)16(17,18)19;1-10(2)7-8-24(22,23)14(3,4)13(21)20-12-6-5-11(9-19-12)15(16,17)18/h3-4,9,11,20H,5-8,10H2,1-2H3,(H,21,22,23);5-6,9-10H,7-8H2,1-4H3,(H,19,20,21). The number of nitrogens with one attached hydrogen (secondary N) is 3. The van der Waals surface area contributed by atoms with E-state index in [0.29, 0.717) is 18.8 Å². The minimum absolute atomic E-state index is 0.0162. The molecule has 0 saturated carbocycles. The summed E-state index contributed by atoms with van der Waals surface area (Å²) < 4.78 is 122. The molecule has 0 aliphatic carbocycles. The molecule has 2 aromatic rings. The summed E-state index contributed by atoms with van der Waals surface area (Å²) in [6, 6.07) is 3.52. The van der Waals surface area contributed by atoms with Crippen LogP contribution in [0.2, 0.25) is 0 Å². The zero-order chi connectivity index (χ0) is 38.3. The van der Waals surface area contributed by atoms with Crippen molar-refractivity contribution in [3.63, 3.8) is 0 Å². The maximum Gasteiger partial charge on any atom is 0.417 e. The summed E-state index contributed by atoms with van der Waals surface area (Å²) in [6.07, 6.45) is -6.05. The largest absolute Gasteiger partial charge is 0.417 e. The Balaban J connectivity index is 0.000000348. The molecule has 0 aromatic carbocycles. The Bertz CT molecular complexity index is 1670. The molecule has 282 valence electrons. The molecule has 2 amide bonds. The molecule has 50 heavy (non-hydrogen) atoms. The third-order valence-corrected chi connectivity index (χ3v) is 13.4. The number of aromatic nitrogens is 2. The van der Waals surface area contributed by atoms with Gasteiger partial charge in [0.05, 0.1) is 22.6 Å². The molecule has 0 radical (unpaired) electrons. The fraction of sp³-hybridized carbons (Fsp3) is 0.613. The molecule has 11 nitrogen and oxygen atoms in total. The van der Waals surface area contributed by atoms with Crippen molar-refractivity contribution in [2.24, 2.45) is 11.8 Å². The number of anilines is 2. The molecular formula is C31H43F6N5O6S2. The molecule has 3 rings (SSSR count). The van der Waals surface area contributed by atoms with Crippen LogP contribution in [0.3, 0.4) is 0 Å². The molecule has 0 atom stereocenters. The smallest absolute Gasteiger partial charge is 0.317 e. The Hall–Kier alpha value is -3.32. The second-order valence-corrected chi connectivity index (χ2v) is 18.5. The monoisotopic (exact) mass is 759 g/mol. The highest BCUT2D eigenvalue weighted by Crippen LogP contribution is 2.31. The fourth-order valence-corrected chi connectivity index (χ4v) is 7.63. The van der Waals surface area contributed by atoms with Crippen LogP contribution in [0.25, 0.3) is 0 Å². The van der Waals surface area contributed by atoms with Gasteiger partial charge in [0.1, 0.15) is 21.1 Å². The van der Waals surface area contributed by atoms with Gasteiger partial charge in [-0.1, -0.05) is 13.8 Å². The Morgan fingerprint density at radius 3 is 1.50 bits per heavy atom. The third kappa shape index (κ3) is 11.6. The summed E-state index contributed by atoms with van der Waals surface area (Å²) in [5.41, 5.74) is -1.90. The summed E-state index contributed by atoms with van der Waals surface area (Å²) in [4.78, 5) is 31.7. The van der Waals surface area contributed by atoms with Crippen molar-refractivity contribution in [3.05, 3.63) is 47.8 Å². The lowest BCUT2D eigenvalue weighted by Crippen LogP contribution is -2.47. The summed E-state index contributed by atoms with van der Waals surface area (Å²) >= 11 is 0. The van der Waals surface area contributed by atoms with E-state index in [0.717, 1.165) is 50.2 Å². The van der Waals surface area contributed by atoms with E-state index in [9.17, 15) is 52.8 Å². The number of amides is 2. The Morgan fingerprint density at radius 1 is 0.760 bits per heavy atom. The molecule has 2 aromatic heterocycles. The first kappa shape index (κ1) is 42.8. The lowest BCUT2D eigenvalue weighted by molar-refractivity contribution is -0.138. The molecule has 1 saturated heterocycles. The van der Waals surface area contributed by atoms with Crippen LogP contribution < -0.4 is 16.0 Å². The van der Waals surface area contributed by atoms with Gasteiger partial charge in [0.2, 0.25) is 11.8 Å². The van der Waals surface area contributed by atoms with Crippen molar-refractivity contribution >= 4 is 43.1 Å². The number of hydrogen-bond acceptors (Lipinski definition) is 9. The molecule has 0 unspecified atom stereocenters. The van der Waals surface area contributed by atoms with Crippen LogP contribution in [0.1, 0.15) is 71.9 Å². The van der Waals surface area contributed by atoms with E-state index in [1.165, 1.54) is 27.7 Å². The van der Waals surface area contributed by atoms with E-state index in [4.69, 9.17) is 0 Å². The summed E-state index contributed by atoms with van der Waals surface area (Å²) in [7, 11) is -7.48. The number of sulfone groups is 2. The zero-order valence-electron chi connectivity index (χ0n) is 28.5. The minimum Gasteiger partial charge on any atom is -0.317 e. The third-order valence-electron chi connectivity index (χ3n) is 8.19. The van der Waals surface area contributed by atoms with Crippen LogP contribution in [0, 0.1) is 11.8 Å². The highest BCUT2D eigenvalue weighted by molar-refractivity contribution is 7.93. The van der Waals surface area contributed by atoms with Crippen LogP contribution in [0.15, 0.2) is 36.7 Å². The first-order chi connectivity index (χ1) is 22.7. The van der Waals surface area contributed by atoms with E-state index in [-0.39, 0.29) is 35.0 Å². The normalized spacial score (nSPS) is 15.2. The van der Waals surface area contributed by atoms with E-state index in [2.05, 4.69) is 25.9 Å². The fourth-order valence-electron chi connectivity index (χ4n) is 4.30. The predicted octanol–water partition coefficient (Wildman–Crippen LogP) is 5.51. The summed E-state index contributed by atoms with van der Waals surface area (Å²) in [5.74, 6) is -2.03. The van der Waals surface area contributed by atoms with Gasteiger partial charge in [0, 0.05) is 12.4 Å². The minimum atomic E-state index is -4.53. The van der Waals surface area contributed by atoms with Gasteiger partial charge in [0.15, 0.2) is 19.7 Å². The number of nitrogens with zero attached hydrogens (tertiary/aromatic N) is 2. The van der Waals surface area contributed by atoms with Gasteiger partial charge < -0.3 is 16.0 Å². The molecule has 3 N–H and O–H groups in total. The molecule has 1 aliphatic rings. The van der Waals surface area contributed by atoms with Gasteiger partial charge >= 0.3 is 12.4 Å². The van der Waals surface area contributed by atoms with Crippen molar-refractivity contribution < 1.29 is 52.8 Å². The van der Waals surface area contributed by atoms with E-state index < -0.39 is 64.5 Å². The van der Waals surface area contributed by atoms with Gasteiger partial charge in [0.25, 0.3) is 0 Å². The van der Waals surface area contributed by atoms with Crippen LogP contribution in [0.5, 0.6) is 0 Å². The molecule has 19 heteroatoms. The highest BCUT2D eigenvalue weighted by Gasteiger charge is 2.44. The Morgan fingerprint density at radius 2 is 1.16 bits per heavy atom.